The summed E-state index contributed by atoms with van der Waals surface area (Å²) in [6.07, 6.45) is 0. The summed E-state index contributed by atoms with van der Waals surface area (Å²) < 4.78 is 0. The van der Waals surface area contributed by atoms with Gasteiger partial charge in [-0.15, -0.1) is 0 Å². The Labute approximate surface area is 164 Å². The molecule has 2 rings (SSSR count). The second-order valence-corrected chi connectivity index (χ2v) is 6.54. The van der Waals surface area contributed by atoms with Crippen LogP contribution in [0.4, 0.5) is 17.1 Å². The largest absolute Gasteiger partial charge is 1.00 e. The molecule has 8 heteroatoms. The fourth-order valence-corrected chi connectivity index (χ4v) is 2.17. The van der Waals surface area contributed by atoms with Crippen LogP contribution in [0.2, 0.25) is 0 Å². The van der Waals surface area contributed by atoms with Crippen molar-refractivity contribution in [1.29, 1.82) is 0 Å². The number of carbonyl (C=O) groups is 1. The van der Waals surface area contributed by atoms with Crippen LogP contribution in [-0.4, -0.2) is 36.1 Å². The number of hydrogen-bond acceptors (Lipinski definition) is 5. The predicted octanol–water partition coefficient (Wildman–Crippen LogP) is -0.513. The number of carbonyl (C=O) groups excluding carboxylic acids is 1. The Morgan fingerprint density at radius 3 is 2.31 bits per heavy atom. The first-order chi connectivity index (χ1) is 11.6. The van der Waals surface area contributed by atoms with E-state index in [0.29, 0.717) is 0 Å². The van der Waals surface area contributed by atoms with Crippen LogP contribution in [0.1, 0.15) is 31.1 Å². The molecule has 0 aliphatic heterocycles. The van der Waals surface area contributed by atoms with Crippen LogP contribution in [0.5, 0.6) is 5.75 Å². The third kappa shape index (κ3) is 4.11. The zero-order valence-corrected chi connectivity index (χ0v) is 16.0. The van der Waals surface area contributed by atoms with E-state index in [0.717, 1.165) is 0 Å². The molecular formula is C18H22LiN3O4. The Morgan fingerprint density at radius 2 is 1.77 bits per heavy atom. The van der Waals surface area contributed by atoms with Crippen molar-refractivity contribution in [2.45, 2.75) is 26.8 Å². The molecule has 0 radical (unpaired) electrons. The van der Waals surface area contributed by atoms with Gasteiger partial charge in [0.1, 0.15) is 5.75 Å². The molecule has 1 atom stereocenters. The zero-order chi connectivity index (χ0) is 18.9. The number of aromatic hydroxyl groups is 1. The molecular weight excluding hydrogens is 329 g/mol. The van der Waals surface area contributed by atoms with Crippen LogP contribution in [0.3, 0.4) is 0 Å². The fraction of sp³-hybridized carbons (Fsp3) is 0.389. The Kier molecular flexibility index (Phi) is 7.07. The van der Waals surface area contributed by atoms with Crippen LogP contribution in [0.25, 0.3) is 5.32 Å². The number of nitrogens with zero attached hydrogens (tertiary/aromatic N) is 2. The van der Waals surface area contributed by atoms with Gasteiger partial charge in [-0.3, -0.25) is 14.4 Å². The molecule has 2 aromatic carbocycles. The summed E-state index contributed by atoms with van der Waals surface area (Å²) in [6, 6.07) is 4.49. The summed E-state index contributed by atoms with van der Waals surface area (Å²) >= 11 is 0. The summed E-state index contributed by atoms with van der Waals surface area (Å²) in [7, 11) is 3.13. The summed E-state index contributed by atoms with van der Waals surface area (Å²) in [6.45, 7) is 5.88. The molecule has 0 saturated carbocycles. The smallest absolute Gasteiger partial charge is 0.650 e. The van der Waals surface area contributed by atoms with E-state index in [-0.39, 0.29) is 65.1 Å². The van der Waals surface area contributed by atoms with Crippen molar-refractivity contribution in [3.05, 3.63) is 49.5 Å². The summed E-state index contributed by atoms with van der Waals surface area (Å²) in [5.41, 5.74) is -1.05. The second-order valence-electron chi connectivity index (χ2n) is 6.54. The van der Waals surface area contributed by atoms with Crippen LogP contribution >= 0.6 is 0 Å². The number of hydrogen-bond donors (Lipinski definition) is 2. The standard InChI is InChI=1S/C18H23N3O4.Li/c1-9(2)10(3)19-13-14(17(24)16(13)23)20-12-8-6-7-11(15(12)22)18(25)21(4)5;/h6-10H,1-5H3,(H3,19,20,22,23,24,25);/q;+1/p-1/t10-;/m0./s1. The van der Waals surface area contributed by atoms with E-state index >= 15 is 0 Å². The van der Waals surface area contributed by atoms with Crippen molar-refractivity contribution in [2.24, 2.45) is 5.92 Å². The zero-order valence-electron chi connectivity index (χ0n) is 16.0. The van der Waals surface area contributed by atoms with E-state index in [1.165, 1.54) is 17.0 Å². The molecule has 0 fully saturated rings. The fourth-order valence-electron chi connectivity index (χ4n) is 2.17. The first-order valence-corrected chi connectivity index (χ1v) is 8.00. The molecule has 134 valence electrons. The topological polar surface area (TPSA) is 101 Å². The average molecular weight is 351 g/mol. The van der Waals surface area contributed by atoms with Crippen molar-refractivity contribution in [3.8, 4) is 5.75 Å². The first kappa shape index (κ1) is 21.8. The third-order valence-corrected chi connectivity index (χ3v) is 4.14. The average Bonchev–Trinajstić information content (AvgIpc) is 2.57. The van der Waals surface area contributed by atoms with Gasteiger partial charge in [0.05, 0.1) is 11.3 Å². The first-order valence-electron chi connectivity index (χ1n) is 8.00. The Bertz CT molecular complexity index is 870. The SMILES string of the molecule is CC(C)[C@H](C)Nc1c([N-]c2cccc(C(=O)N(C)C)c2O)c(=O)c1=O.[Li+]. The molecule has 2 aromatic rings. The minimum absolute atomic E-state index is 0. The van der Waals surface area contributed by atoms with Gasteiger partial charge in [-0.25, -0.2) is 0 Å². The van der Waals surface area contributed by atoms with Crippen LogP contribution < -0.4 is 35.0 Å². The Hall–Kier alpha value is -2.23. The number of phenolic OH excluding ortho intramolecular Hbond substituents is 1. The van der Waals surface area contributed by atoms with Crippen molar-refractivity contribution in [1.82, 2.24) is 4.90 Å². The molecule has 0 heterocycles. The maximum atomic E-state index is 12.1. The third-order valence-electron chi connectivity index (χ3n) is 4.14. The minimum atomic E-state index is -0.706. The Balaban J connectivity index is 0.00000338. The molecule has 0 aliphatic rings. The normalized spacial score (nSPS) is 11.8. The summed E-state index contributed by atoms with van der Waals surface area (Å²) in [5.74, 6) is -0.449. The van der Waals surface area contributed by atoms with Gasteiger partial charge in [-0.2, -0.15) is 0 Å². The number of benzene rings is 1. The minimum Gasteiger partial charge on any atom is -0.650 e. The Morgan fingerprint density at radius 1 is 1.15 bits per heavy atom. The maximum absolute atomic E-state index is 12.1. The summed E-state index contributed by atoms with van der Waals surface area (Å²) in [5, 5.41) is 17.4. The van der Waals surface area contributed by atoms with Crippen LogP contribution in [0.15, 0.2) is 27.8 Å². The molecule has 0 bridgehead atoms. The van der Waals surface area contributed by atoms with E-state index in [1.54, 1.807) is 20.2 Å². The van der Waals surface area contributed by atoms with Gasteiger partial charge in [0.25, 0.3) is 5.91 Å². The van der Waals surface area contributed by atoms with E-state index in [9.17, 15) is 19.5 Å². The van der Waals surface area contributed by atoms with E-state index in [1.807, 2.05) is 20.8 Å². The van der Waals surface area contributed by atoms with E-state index in [2.05, 4.69) is 10.6 Å². The molecule has 1 amide bonds. The van der Waals surface area contributed by atoms with E-state index in [4.69, 9.17) is 0 Å². The number of rotatable bonds is 6. The maximum Gasteiger partial charge on any atom is 1.00 e. The van der Waals surface area contributed by atoms with Gasteiger partial charge in [-0.05, 0) is 18.9 Å². The van der Waals surface area contributed by atoms with Gasteiger partial charge in [0.15, 0.2) is 0 Å². The predicted molar refractivity (Wildman–Crippen MR) is 98.1 cm³/mol. The van der Waals surface area contributed by atoms with E-state index < -0.39 is 10.9 Å². The molecule has 0 unspecified atom stereocenters. The monoisotopic (exact) mass is 351 g/mol. The van der Waals surface area contributed by atoms with Crippen molar-refractivity contribution in [3.63, 3.8) is 0 Å². The molecule has 26 heavy (non-hydrogen) atoms. The van der Waals surface area contributed by atoms with Crippen molar-refractivity contribution < 1.29 is 28.8 Å². The number of nitrogens with one attached hydrogen (secondary N) is 1. The van der Waals surface area contributed by atoms with Gasteiger partial charge in [0, 0.05) is 20.1 Å². The van der Waals surface area contributed by atoms with Crippen LogP contribution in [0, 0.1) is 5.92 Å². The van der Waals surface area contributed by atoms with Gasteiger partial charge in [-0.1, -0.05) is 37.4 Å². The van der Waals surface area contributed by atoms with Gasteiger partial charge < -0.3 is 20.6 Å². The number of phenols is 1. The van der Waals surface area contributed by atoms with Gasteiger partial charge >= 0.3 is 18.9 Å². The molecule has 0 spiro atoms. The second kappa shape index (κ2) is 8.43. The van der Waals surface area contributed by atoms with Crippen LogP contribution in [-0.2, 0) is 0 Å². The number of amides is 1. The summed E-state index contributed by atoms with van der Waals surface area (Å²) in [4.78, 5) is 37.1. The molecule has 0 aliphatic carbocycles. The van der Waals surface area contributed by atoms with Gasteiger partial charge in [0.2, 0.25) is 10.9 Å². The molecule has 0 saturated heterocycles. The van der Waals surface area contributed by atoms with Crippen molar-refractivity contribution >= 4 is 23.0 Å². The number of anilines is 1. The molecule has 7 nitrogen and oxygen atoms in total. The molecule has 2 N–H and O–H groups in total. The van der Waals surface area contributed by atoms with Crippen molar-refractivity contribution in [2.75, 3.05) is 19.4 Å². The number of para-hydroxylation sites is 1. The molecule has 0 aromatic heterocycles. The quantitative estimate of drug-likeness (QED) is 0.539.